The molecule has 1 amide bonds. The normalized spacial score (nSPS) is 13.1. The zero-order valence-corrected chi connectivity index (χ0v) is 20.8. The second-order valence-corrected chi connectivity index (χ2v) is 9.35. The number of thioether (sulfide) groups is 1. The van der Waals surface area contributed by atoms with Crippen LogP contribution in [0.3, 0.4) is 0 Å². The molecule has 176 valence electrons. The van der Waals surface area contributed by atoms with Crippen LogP contribution >= 0.6 is 27.7 Å². The second-order valence-electron chi connectivity index (χ2n) is 7.41. The van der Waals surface area contributed by atoms with E-state index in [9.17, 15) is 14.4 Å². The van der Waals surface area contributed by atoms with Crippen LogP contribution in [-0.4, -0.2) is 24.1 Å². The van der Waals surface area contributed by atoms with Crippen LogP contribution < -0.4 is 14.8 Å². The molecule has 6 nitrogen and oxygen atoms in total. The number of carbonyl (C=O) groups excluding carboxylic acids is 3. The van der Waals surface area contributed by atoms with E-state index in [1.807, 2.05) is 54.6 Å². The van der Waals surface area contributed by atoms with Gasteiger partial charge in [0.15, 0.2) is 12.4 Å². The molecule has 8 heteroatoms. The number of ketones is 2. The minimum absolute atomic E-state index is 0.0789. The van der Waals surface area contributed by atoms with Gasteiger partial charge in [-0.1, -0.05) is 54.2 Å². The summed E-state index contributed by atoms with van der Waals surface area (Å²) in [5.41, 5.74) is 0.979. The summed E-state index contributed by atoms with van der Waals surface area (Å²) in [7, 11) is 0. The van der Waals surface area contributed by atoms with E-state index in [2.05, 4.69) is 21.2 Å². The molecule has 3 aromatic carbocycles. The quantitative estimate of drug-likeness (QED) is 0.368. The summed E-state index contributed by atoms with van der Waals surface area (Å²) in [6.07, 6.45) is 2.37. The Hall–Kier alpha value is -3.62. The summed E-state index contributed by atoms with van der Waals surface area (Å²) in [6, 6.07) is 24.1. The molecule has 4 rings (SSSR count). The molecular weight excluding hydrogens is 530 g/mol. The molecule has 0 bridgehead atoms. The molecule has 0 unspecified atom stereocenters. The van der Waals surface area contributed by atoms with Crippen LogP contribution in [0, 0.1) is 0 Å². The molecular formula is C27H20BrNO5S. The number of carbonyl (C=O) groups is 3. The van der Waals surface area contributed by atoms with Gasteiger partial charge in [-0.3, -0.25) is 14.4 Å². The van der Waals surface area contributed by atoms with Crippen LogP contribution in [0.5, 0.6) is 11.5 Å². The van der Waals surface area contributed by atoms with E-state index < -0.39 is 11.7 Å². The Morgan fingerprint density at radius 3 is 2.17 bits per heavy atom. The highest BCUT2D eigenvalue weighted by molar-refractivity contribution is 9.10. The van der Waals surface area contributed by atoms with E-state index in [1.165, 1.54) is 17.8 Å². The molecule has 0 radical (unpaired) electrons. The predicted molar refractivity (Wildman–Crippen MR) is 137 cm³/mol. The molecule has 0 heterocycles. The standard InChI is InChI=1S/C27H20BrNO5S/c28-21-8-4-5-9-25(21)35-26-15-23(30)22(14-24(26)31)29-27(32)17-34-20-12-10-19(11-13-20)33-16-18-6-2-1-3-7-18/h1-15H,16-17H2,(H,29,32). The lowest BCUT2D eigenvalue weighted by molar-refractivity contribution is -0.124. The lowest BCUT2D eigenvalue weighted by Gasteiger charge is -2.14. The van der Waals surface area contributed by atoms with Crippen molar-refractivity contribution in [2.45, 2.75) is 11.5 Å². The maximum Gasteiger partial charge on any atom is 0.262 e. The molecule has 1 N–H and O–H groups in total. The van der Waals surface area contributed by atoms with Gasteiger partial charge in [-0.2, -0.15) is 0 Å². The predicted octanol–water partition coefficient (Wildman–Crippen LogP) is 5.24. The Morgan fingerprint density at radius 1 is 0.800 bits per heavy atom. The number of ether oxygens (including phenoxy) is 2. The van der Waals surface area contributed by atoms with Gasteiger partial charge in [-0.25, -0.2) is 0 Å². The lowest BCUT2D eigenvalue weighted by atomic mass is 10.1. The molecule has 0 fully saturated rings. The van der Waals surface area contributed by atoms with Gasteiger partial charge in [0.2, 0.25) is 5.78 Å². The van der Waals surface area contributed by atoms with E-state index in [0.29, 0.717) is 18.1 Å². The van der Waals surface area contributed by atoms with Crippen molar-refractivity contribution in [3.8, 4) is 11.5 Å². The third-order valence-electron chi connectivity index (χ3n) is 4.82. The first-order valence-electron chi connectivity index (χ1n) is 10.6. The Balaban J connectivity index is 1.26. The minimum atomic E-state index is -0.544. The van der Waals surface area contributed by atoms with E-state index in [1.54, 1.807) is 24.3 Å². The Bertz CT molecular complexity index is 1300. The van der Waals surface area contributed by atoms with E-state index in [-0.39, 0.29) is 23.0 Å². The fourth-order valence-corrected chi connectivity index (χ4v) is 4.48. The number of benzene rings is 3. The smallest absolute Gasteiger partial charge is 0.262 e. The Kier molecular flexibility index (Phi) is 8.18. The minimum Gasteiger partial charge on any atom is -0.489 e. The summed E-state index contributed by atoms with van der Waals surface area (Å²) in [5, 5.41) is 2.45. The molecule has 0 aliphatic heterocycles. The number of nitrogens with one attached hydrogen (secondary N) is 1. The Morgan fingerprint density at radius 2 is 1.46 bits per heavy atom. The molecule has 3 aromatic rings. The number of halogens is 1. The number of amides is 1. The lowest BCUT2D eigenvalue weighted by Crippen LogP contribution is -2.33. The summed E-state index contributed by atoms with van der Waals surface area (Å²) in [5.74, 6) is -0.207. The van der Waals surface area contributed by atoms with Crippen LogP contribution in [0.2, 0.25) is 0 Å². The van der Waals surface area contributed by atoms with Crippen molar-refractivity contribution in [2.24, 2.45) is 0 Å². The van der Waals surface area contributed by atoms with Crippen molar-refractivity contribution in [3.63, 3.8) is 0 Å². The topological polar surface area (TPSA) is 81.7 Å². The van der Waals surface area contributed by atoms with Gasteiger partial charge in [0.1, 0.15) is 18.1 Å². The van der Waals surface area contributed by atoms with Gasteiger partial charge in [0.05, 0.1) is 10.6 Å². The maximum atomic E-state index is 12.5. The summed E-state index contributed by atoms with van der Waals surface area (Å²) in [4.78, 5) is 38.3. The zero-order valence-electron chi connectivity index (χ0n) is 18.4. The Labute approximate surface area is 215 Å². The van der Waals surface area contributed by atoms with Crippen molar-refractivity contribution in [3.05, 3.63) is 112 Å². The first kappa shape index (κ1) is 24.5. The van der Waals surface area contributed by atoms with Crippen LogP contribution in [0.15, 0.2) is 111 Å². The van der Waals surface area contributed by atoms with Gasteiger partial charge in [0, 0.05) is 21.5 Å². The third kappa shape index (κ3) is 6.94. The first-order valence-corrected chi connectivity index (χ1v) is 12.2. The van der Waals surface area contributed by atoms with Gasteiger partial charge in [-0.05, 0) is 57.9 Å². The van der Waals surface area contributed by atoms with Crippen LogP contribution in [-0.2, 0) is 21.0 Å². The highest BCUT2D eigenvalue weighted by Crippen LogP contribution is 2.34. The number of rotatable bonds is 9. The fourth-order valence-electron chi connectivity index (χ4n) is 3.07. The monoisotopic (exact) mass is 549 g/mol. The van der Waals surface area contributed by atoms with Gasteiger partial charge < -0.3 is 14.8 Å². The highest BCUT2D eigenvalue weighted by Gasteiger charge is 2.23. The zero-order chi connectivity index (χ0) is 24.6. The largest absolute Gasteiger partial charge is 0.489 e. The molecule has 0 saturated carbocycles. The first-order chi connectivity index (χ1) is 17.0. The average molecular weight is 550 g/mol. The molecule has 0 aromatic heterocycles. The van der Waals surface area contributed by atoms with Crippen LogP contribution in [0.25, 0.3) is 0 Å². The molecule has 0 atom stereocenters. The fraction of sp³-hybridized carbons (Fsp3) is 0.0741. The van der Waals surface area contributed by atoms with Crippen molar-refractivity contribution in [2.75, 3.05) is 6.61 Å². The van der Waals surface area contributed by atoms with Crippen LogP contribution in [0.4, 0.5) is 0 Å². The molecule has 35 heavy (non-hydrogen) atoms. The van der Waals surface area contributed by atoms with E-state index in [4.69, 9.17) is 9.47 Å². The molecule has 1 aliphatic rings. The van der Waals surface area contributed by atoms with Crippen molar-refractivity contribution < 1.29 is 23.9 Å². The number of hydrogen-bond donors (Lipinski definition) is 1. The number of allylic oxidation sites excluding steroid dienone is 3. The second kappa shape index (κ2) is 11.7. The number of hydrogen-bond acceptors (Lipinski definition) is 6. The SMILES string of the molecule is O=C(COc1ccc(OCc2ccccc2)cc1)NC1=CC(=O)C(Sc2ccccc2Br)=CC1=O. The summed E-state index contributed by atoms with van der Waals surface area (Å²) < 4.78 is 12.0. The van der Waals surface area contributed by atoms with Crippen molar-refractivity contribution in [1.29, 1.82) is 0 Å². The van der Waals surface area contributed by atoms with Crippen molar-refractivity contribution >= 4 is 45.2 Å². The summed E-state index contributed by atoms with van der Waals surface area (Å²) in [6.45, 7) is 0.133. The highest BCUT2D eigenvalue weighted by atomic mass is 79.9. The van der Waals surface area contributed by atoms with Crippen molar-refractivity contribution in [1.82, 2.24) is 5.32 Å². The van der Waals surface area contributed by atoms with Gasteiger partial charge in [0.25, 0.3) is 5.91 Å². The van der Waals surface area contributed by atoms with Gasteiger partial charge >= 0.3 is 0 Å². The molecule has 0 saturated heterocycles. The van der Waals surface area contributed by atoms with E-state index >= 15 is 0 Å². The maximum absolute atomic E-state index is 12.5. The third-order valence-corrected chi connectivity index (χ3v) is 6.89. The molecule has 0 spiro atoms. The summed E-state index contributed by atoms with van der Waals surface area (Å²) >= 11 is 4.61. The van der Waals surface area contributed by atoms with Crippen LogP contribution in [0.1, 0.15) is 5.56 Å². The average Bonchev–Trinajstić information content (AvgIpc) is 2.87. The molecule has 1 aliphatic carbocycles. The van der Waals surface area contributed by atoms with Gasteiger partial charge in [-0.15, -0.1) is 0 Å². The van der Waals surface area contributed by atoms with E-state index in [0.717, 1.165) is 21.0 Å².